The SMILES string of the molecule is FC(F)(F)c1nnc2n1N=C(c1cccs1)CS2. The lowest BCUT2D eigenvalue weighted by Crippen LogP contribution is -2.18. The van der Waals surface area contributed by atoms with Gasteiger partial charge in [-0.25, -0.2) is 0 Å². The number of thiophene rings is 1. The Labute approximate surface area is 108 Å². The molecule has 1 aliphatic rings. The number of hydrogen-bond donors (Lipinski definition) is 0. The summed E-state index contributed by atoms with van der Waals surface area (Å²) in [6.45, 7) is 0. The summed E-state index contributed by atoms with van der Waals surface area (Å²) in [6, 6.07) is 3.66. The van der Waals surface area contributed by atoms with E-state index >= 15 is 0 Å². The number of rotatable bonds is 1. The number of thioether (sulfide) groups is 1. The molecule has 0 fully saturated rings. The van der Waals surface area contributed by atoms with E-state index in [0.717, 1.165) is 9.55 Å². The topological polar surface area (TPSA) is 43.1 Å². The zero-order valence-corrected chi connectivity index (χ0v) is 10.3. The van der Waals surface area contributed by atoms with Crippen molar-refractivity contribution in [3.8, 4) is 0 Å². The Morgan fingerprint density at radius 2 is 2.11 bits per heavy atom. The standard InChI is InChI=1S/C9H5F3N4S2/c10-9(11,12)7-13-14-8-16(7)15-5(4-18-8)6-2-1-3-17-6/h1-3H,4H2. The lowest BCUT2D eigenvalue weighted by atomic mass is 10.3. The molecule has 18 heavy (non-hydrogen) atoms. The van der Waals surface area contributed by atoms with Gasteiger partial charge in [-0.15, -0.1) is 21.5 Å². The highest BCUT2D eigenvalue weighted by molar-refractivity contribution is 7.99. The van der Waals surface area contributed by atoms with E-state index in [0.29, 0.717) is 11.5 Å². The molecular weight excluding hydrogens is 285 g/mol. The minimum absolute atomic E-state index is 0.169. The van der Waals surface area contributed by atoms with Crippen LogP contribution in [0.15, 0.2) is 27.8 Å². The maximum atomic E-state index is 12.7. The van der Waals surface area contributed by atoms with Gasteiger partial charge in [0.1, 0.15) is 0 Å². The fourth-order valence-corrected chi connectivity index (χ4v) is 3.10. The summed E-state index contributed by atoms with van der Waals surface area (Å²) < 4.78 is 38.8. The Balaban J connectivity index is 2.08. The van der Waals surface area contributed by atoms with Crippen molar-refractivity contribution in [3.05, 3.63) is 28.2 Å². The Kier molecular flexibility index (Phi) is 2.67. The second-order valence-electron chi connectivity index (χ2n) is 3.43. The van der Waals surface area contributed by atoms with E-state index in [1.165, 1.54) is 23.1 Å². The minimum atomic E-state index is -4.55. The molecule has 0 unspecified atom stereocenters. The second kappa shape index (κ2) is 4.09. The first-order valence-corrected chi connectivity index (χ1v) is 6.69. The van der Waals surface area contributed by atoms with Gasteiger partial charge in [0.05, 0.1) is 10.6 Å². The van der Waals surface area contributed by atoms with Gasteiger partial charge >= 0.3 is 6.18 Å². The molecule has 9 heteroatoms. The highest BCUT2D eigenvalue weighted by Gasteiger charge is 2.39. The minimum Gasteiger partial charge on any atom is -0.182 e. The molecule has 3 heterocycles. The van der Waals surface area contributed by atoms with Crippen LogP contribution in [-0.2, 0) is 6.18 Å². The largest absolute Gasteiger partial charge is 0.453 e. The molecule has 0 saturated heterocycles. The number of fused-ring (bicyclic) bond motifs is 1. The van der Waals surface area contributed by atoms with Crippen LogP contribution in [0, 0.1) is 0 Å². The normalized spacial score (nSPS) is 15.4. The predicted molar refractivity (Wildman–Crippen MR) is 62.0 cm³/mol. The molecule has 0 aromatic carbocycles. The quantitative estimate of drug-likeness (QED) is 0.811. The zero-order chi connectivity index (χ0) is 12.8. The van der Waals surface area contributed by atoms with Crippen molar-refractivity contribution in [1.29, 1.82) is 0 Å². The van der Waals surface area contributed by atoms with Gasteiger partial charge < -0.3 is 0 Å². The van der Waals surface area contributed by atoms with Crippen molar-refractivity contribution >= 4 is 28.8 Å². The van der Waals surface area contributed by atoms with Gasteiger partial charge in [-0.2, -0.15) is 22.9 Å². The monoisotopic (exact) mass is 290 g/mol. The van der Waals surface area contributed by atoms with Crippen LogP contribution < -0.4 is 0 Å². The maximum Gasteiger partial charge on any atom is 0.453 e. The second-order valence-corrected chi connectivity index (χ2v) is 5.32. The van der Waals surface area contributed by atoms with E-state index < -0.39 is 12.0 Å². The van der Waals surface area contributed by atoms with Crippen LogP contribution in [0.3, 0.4) is 0 Å². The summed E-state index contributed by atoms with van der Waals surface area (Å²) in [4.78, 5) is 0.856. The fraction of sp³-hybridized carbons (Fsp3) is 0.222. The summed E-state index contributed by atoms with van der Waals surface area (Å²) in [7, 11) is 0. The summed E-state index contributed by atoms with van der Waals surface area (Å²) in [5, 5.41) is 12.7. The summed E-state index contributed by atoms with van der Waals surface area (Å²) in [5.41, 5.74) is 0.604. The third-order valence-electron chi connectivity index (χ3n) is 2.23. The predicted octanol–water partition coefficient (Wildman–Crippen LogP) is 2.72. The van der Waals surface area contributed by atoms with Crippen LogP contribution in [0.25, 0.3) is 0 Å². The molecule has 0 atom stereocenters. The molecule has 3 rings (SSSR count). The molecule has 0 amide bonds. The van der Waals surface area contributed by atoms with Crippen LogP contribution in [0.5, 0.6) is 0 Å². The molecule has 2 aromatic heterocycles. The molecule has 1 aliphatic heterocycles. The van der Waals surface area contributed by atoms with Gasteiger partial charge in [-0.05, 0) is 11.4 Å². The van der Waals surface area contributed by atoms with Gasteiger partial charge in [-0.3, -0.25) is 0 Å². The van der Waals surface area contributed by atoms with E-state index in [1.807, 2.05) is 17.5 Å². The average molecular weight is 290 g/mol. The third kappa shape index (κ3) is 1.93. The van der Waals surface area contributed by atoms with E-state index in [9.17, 15) is 13.2 Å². The molecule has 0 spiro atoms. The molecule has 0 bridgehead atoms. The Morgan fingerprint density at radius 1 is 1.28 bits per heavy atom. The average Bonchev–Trinajstić information content (AvgIpc) is 2.96. The lowest BCUT2D eigenvalue weighted by Gasteiger charge is -2.13. The third-order valence-corrected chi connectivity index (χ3v) is 4.08. The van der Waals surface area contributed by atoms with Crippen LogP contribution in [0.2, 0.25) is 0 Å². The van der Waals surface area contributed by atoms with E-state index in [4.69, 9.17) is 0 Å². The van der Waals surface area contributed by atoms with E-state index in [1.54, 1.807) is 0 Å². The van der Waals surface area contributed by atoms with Crippen molar-refractivity contribution in [2.24, 2.45) is 5.10 Å². The van der Waals surface area contributed by atoms with Crippen LogP contribution in [0.4, 0.5) is 13.2 Å². The summed E-state index contributed by atoms with van der Waals surface area (Å²) >= 11 is 2.64. The van der Waals surface area contributed by atoms with Crippen molar-refractivity contribution in [2.75, 3.05) is 5.75 Å². The fourth-order valence-electron chi connectivity index (χ4n) is 1.47. The van der Waals surface area contributed by atoms with Gasteiger partial charge in [0.15, 0.2) is 0 Å². The first kappa shape index (κ1) is 11.7. The van der Waals surface area contributed by atoms with Crippen molar-refractivity contribution < 1.29 is 13.2 Å². The van der Waals surface area contributed by atoms with Gasteiger partial charge in [0, 0.05) is 5.75 Å². The maximum absolute atomic E-state index is 12.7. The molecular formula is C9H5F3N4S2. The number of halogens is 3. The van der Waals surface area contributed by atoms with E-state index in [-0.39, 0.29) is 5.16 Å². The smallest absolute Gasteiger partial charge is 0.182 e. The molecule has 0 aliphatic carbocycles. The molecule has 0 N–H and O–H groups in total. The molecule has 94 valence electrons. The van der Waals surface area contributed by atoms with Gasteiger partial charge in [0.25, 0.3) is 5.82 Å². The van der Waals surface area contributed by atoms with Crippen LogP contribution in [-0.4, -0.2) is 26.3 Å². The summed E-state index contributed by atoms with van der Waals surface area (Å²) in [6.07, 6.45) is -4.55. The Bertz CT molecular complexity index is 600. The number of alkyl halides is 3. The van der Waals surface area contributed by atoms with Crippen LogP contribution in [0.1, 0.15) is 10.7 Å². The molecule has 0 saturated carbocycles. The van der Waals surface area contributed by atoms with E-state index in [2.05, 4.69) is 15.3 Å². The molecule has 2 aromatic rings. The van der Waals surface area contributed by atoms with Crippen molar-refractivity contribution in [1.82, 2.24) is 14.9 Å². The Morgan fingerprint density at radius 3 is 2.78 bits per heavy atom. The van der Waals surface area contributed by atoms with Gasteiger partial charge in [0.2, 0.25) is 5.16 Å². The number of hydrogen-bond acceptors (Lipinski definition) is 5. The van der Waals surface area contributed by atoms with Crippen molar-refractivity contribution in [3.63, 3.8) is 0 Å². The highest BCUT2D eigenvalue weighted by Crippen LogP contribution is 2.33. The first-order valence-electron chi connectivity index (χ1n) is 4.83. The van der Waals surface area contributed by atoms with Crippen LogP contribution >= 0.6 is 23.1 Å². The van der Waals surface area contributed by atoms with Crippen molar-refractivity contribution in [2.45, 2.75) is 11.3 Å². The van der Waals surface area contributed by atoms with Gasteiger partial charge in [-0.1, -0.05) is 17.8 Å². The first-order chi connectivity index (χ1) is 8.55. The Hall–Kier alpha value is -1.35. The number of nitrogens with zero attached hydrogens (tertiary/aromatic N) is 4. The highest BCUT2D eigenvalue weighted by atomic mass is 32.2. The molecule has 4 nitrogen and oxygen atoms in total. The molecule has 0 radical (unpaired) electrons. The summed E-state index contributed by atoms with van der Waals surface area (Å²) in [5.74, 6) is -0.588. The number of aromatic nitrogens is 3. The zero-order valence-electron chi connectivity index (χ0n) is 8.68. The lowest BCUT2D eigenvalue weighted by molar-refractivity contribution is -0.147.